The average molecular weight is 847 g/mol. The highest BCUT2D eigenvalue weighted by Gasteiger charge is 2.22. The minimum atomic E-state index is 0. The Hall–Kier alpha value is -7.84. The molecule has 0 fully saturated rings. The highest BCUT2D eigenvalue weighted by molar-refractivity contribution is 6.10. The second kappa shape index (κ2) is 17.1. The number of para-hydroxylation sites is 4. The third-order valence-electron chi connectivity index (χ3n) is 11.9. The Kier molecular flexibility index (Phi) is 11.1. The second-order valence-electron chi connectivity index (χ2n) is 15.9. The van der Waals surface area contributed by atoms with Crippen LogP contribution in [0.25, 0.3) is 77.2 Å². The number of ether oxygens (including phenoxy) is 4. The third kappa shape index (κ3) is 7.16. The van der Waals surface area contributed by atoms with Gasteiger partial charge < -0.3 is 38.3 Å². The molecule has 8 heteroatoms. The maximum absolute atomic E-state index is 12.2. The summed E-state index contributed by atoms with van der Waals surface area (Å²) in [4.78, 5) is 0. The molecular formula is C56H50N2O6. The zero-order chi connectivity index (χ0) is 43.2. The number of aromatic hydroxyl groups is 2. The number of fused-ring (bicyclic) bond motifs is 6. The molecule has 0 unspecified atom stereocenters. The Bertz CT molecular complexity index is 3030. The molecule has 0 aliphatic heterocycles. The van der Waals surface area contributed by atoms with Crippen LogP contribution in [0.1, 0.15) is 25.0 Å². The molecular weight excluding hydrogens is 797 g/mol. The van der Waals surface area contributed by atoms with Gasteiger partial charge in [-0.15, -0.1) is 0 Å². The summed E-state index contributed by atoms with van der Waals surface area (Å²) in [7, 11) is 3.25. The molecule has 0 bridgehead atoms. The Morgan fingerprint density at radius 3 is 1.11 bits per heavy atom. The molecule has 10 rings (SSSR count). The van der Waals surface area contributed by atoms with Crippen molar-refractivity contribution in [1.29, 1.82) is 0 Å². The number of phenols is 2. The number of phenolic OH excluding ortho intramolecular Hbond substituents is 2. The van der Waals surface area contributed by atoms with Gasteiger partial charge >= 0.3 is 0 Å². The Morgan fingerprint density at radius 1 is 0.422 bits per heavy atom. The summed E-state index contributed by atoms with van der Waals surface area (Å²) in [5.74, 6) is 2.73. The van der Waals surface area contributed by atoms with Crippen molar-refractivity contribution in [3.8, 4) is 68.1 Å². The van der Waals surface area contributed by atoms with Gasteiger partial charge in [0.25, 0.3) is 0 Å². The summed E-state index contributed by atoms with van der Waals surface area (Å²) in [6.45, 7) is 4.71. The summed E-state index contributed by atoms with van der Waals surface area (Å²) in [6.07, 6.45) is 0.534. The molecule has 0 saturated carbocycles. The maximum Gasteiger partial charge on any atom is 0.147 e. The van der Waals surface area contributed by atoms with Gasteiger partial charge in [0.2, 0.25) is 0 Å². The van der Waals surface area contributed by atoms with E-state index in [-0.39, 0.29) is 18.9 Å². The lowest BCUT2D eigenvalue weighted by Crippen LogP contribution is -2.07. The van der Waals surface area contributed by atoms with Gasteiger partial charge in [-0.1, -0.05) is 80.2 Å². The Labute approximate surface area is 372 Å². The minimum Gasteiger partial charge on any atom is -0.505 e. The number of benzene rings is 8. The smallest absolute Gasteiger partial charge is 0.147 e. The monoisotopic (exact) mass is 846 g/mol. The van der Waals surface area contributed by atoms with E-state index in [1.165, 1.54) is 0 Å². The fourth-order valence-electron chi connectivity index (χ4n) is 9.00. The first kappa shape index (κ1) is 41.5. The van der Waals surface area contributed by atoms with Gasteiger partial charge in [-0.3, -0.25) is 0 Å². The van der Waals surface area contributed by atoms with Gasteiger partial charge in [0.1, 0.15) is 34.5 Å². The van der Waals surface area contributed by atoms with E-state index in [9.17, 15) is 10.2 Å². The van der Waals surface area contributed by atoms with Crippen molar-refractivity contribution in [3.63, 3.8) is 0 Å². The molecule has 2 N–H and O–H groups in total. The molecule has 8 aromatic carbocycles. The number of aryl methyl sites for hydroxylation is 2. The highest BCUT2D eigenvalue weighted by Crippen LogP contribution is 2.46. The molecule has 0 radical (unpaired) electrons. The molecule has 0 aliphatic rings. The van der Waals surface area contributed by atoms with Gasteiger partial charge in [0, 0.05) is 62.4 Å². The van der Waals surface area contributed by atoms with Crippen LogP contribution in [-0.4, -0.2) is 46.8 Å². The molecule has 320 valence electrons. The SMILES string of the molecule is C.COc1ccc(-c2cc(C)cc(-n3c4ccccc4c4ccccc43)c2O)c(OCCCOc2cc(OC)ccc2-c2cc(C)cc(-n3c4ccccc4c4ccccc43)c2O)c1. The van der Waals surface area contributed by atoms with Crippen molar-refractivity contribution in [2.24, 2.45) is 0 Å². The average Bonchev–Trinajstić information content (AvgIpc) is 3.83. The van der Waals surface area contributed by atoms with E-state index >= 15 is 0 Å². The van der Waals surface area contributed by atoms with E-state index in [0.717, 1.165) is 65.9 Å². The number of methoxy groups -OCH3 is 2. The third-order valence-corrected chi connectivity index (χ3v) is 11.9. The fraction of sp³-hybridized carbons (Fsp3) is 0.143. The molecule has 2 aromatic heterocycles. The number of aromatic nitrogens is 2. The molecule has 2 heterocycles. The van der Waals surface area contributed by atoms with E-state index in [2.05, 4.69) is 57.7 Å². The van der Waals surface area contributed by atoms with Gasteiger partial charge in [0.05, 0.1) is 60.9 Å². The van der Waals surface area contributed by atoms with E-state index in [4.69, 9.17) is 18.9 Å². The van der Waals surface area contributed by atoms with Crippen molar-refractivity contribution < 1.29 is 29.2 Å². The molecule has 0 spiro atoms. The topological polar surface area (TPSA) is 87.2 Å². The Balaban J connectivity index is 0.00000518. The summed E-state index contributed by atoms with van der Waals surface area (Å²) >= 11 is 0. The van der Waals surface area contributed by atoms with Crippen LogP contribution in [0.15, 0.2) is 158 Å². The van der Waals surface area contributed by atoms with Crippen molar-refractivity contribution >= 4 is 43.6 Å². The standard InChI is InChI=1S/C55H46N2O6.CH4/c1-34-28-44(54(58)50(30-34)56-46-18-9-5-14-38(46)39-15-6-10-19-47(39)56)42-24-22-36(60-3)32-52(42)62-26-13-27-63-53-33-37(61-4)23-25-43(53)45-29-35(2)31-51(55(45)59)57-48-20-11-7-16-40(48)41-17-8-12-21-49(41)57;/h5-12,14-25,28-33,58-59H,13,26-27H2,1-4H3;1H4. The quantitative estimate of drug-likeness (QED) is 0.119. The summed E-state index contributed by atoms with van der Waals surface area (Å²) in [6, 6.07) is 52.4. The van der Waals surface area contributed by atoms with Crippen molar-refractivity contribution in [3.05, 3.63) is 169 Å². The zero-order valence-electron chi connectivity index (χ0n) is 35.6. The van der Waals surface area contributed by atoms with Gasteiger partial charge in [-0.05, 0) is 97.8 Å². The van der Waals surface area contributed by atoms with Crippen molar-refractivity contribution in [2.75, 3.05) is 27.4 Å². The van der Waals surface area contributed by atoms with Crippen LogP contribution >= 0.6 is 0 Å². The molecule has 0 amide bonds. The van der Waals surface area contributed by atoms with Crippen molar-refractivity contribution in [1.82, 2.24) is 9.13 Å². The van der Waals surface area contributed by atoms with E-state index in [1.807, 2.05) is 123 Å². The molecule has 8 nitrogen and oxygen atoms in total. The van der Waals surface area contributed by atoms with Gasteiger partial charge in [-0.2, -0.15) is 0 Å². The van der Waals surface area contributed by atoms with Crippen LogP contribution in [-0.2, 0) is 0 Å². The lowest BCUT2D eigenvalue weighted by atomic mass is 9.99. The van der Waals surface area contributed by atoms with Crippen LogP contribution in [0.2, 0.25) is 0 Å². The fourth-order valence-corrected chi connectivity index (χ4v) is 9.00. The molecule has 0 atom stereocenters. The molecule has 0 aliphatic carbocycles. The summed E-state index contributed by atoms with van der Waals surface area (Å²) < 4.78 is 28.5. The molecule has 10 aromatic rings. The van der Waals surface area contributed by atoms with Crippen LogP contribution in [0.5, 0.6) is 34.5 Å². The predicted molar refractivity (Wildman–Crippen MR) is 261 cm³/mol. The predicted octanol–water partition coefficient (Wildman–Crippen LogP) is 13.7. The molecule has 0 saturated heterocycles. The Morgan fingerprint density at radius 2 is 0.766 bits per heavy atom. The van der Waals surface area contributed by atoms with Gasteiger partial charge in [0.15, 0.2) is 0 Å². The minimum absolute atomic E-state index is 0. The summed E-state index contributed by atoms with van der Waals surface area (Å²) in [5, 5.41) is 28.8. The first-order valence-corrected chi connectivity index (χ1v) is 21.1. The van der Waals surface area contributed by atoms with Crippen LogP contribution in [0.4, 0.5) is 0 Å². The molecule has 64 heavy (non-hydrogen) atoms. The number of hydrogen-bond donors (Lipinski definition) is 2. The normalized spacial score (nSPS) is 11.3. The second-order valence-corrected chi connectivity index (χ2v) is 15.9. The largest absolute Gasteiger partial charge is 0.505 e. The maximum atomic E-state index is 12.2. The van der Waals surface area contributed by atoms with Crippen LogP contribution in [0.3, 0.4) is 0 Å². The number of nitrogens with zero attached hydrogens (tertiary/aromatic N) is 2. The number of rotatable bonds is 12. The lowest BCUT2D eigenvalue weighted by Gasteiger charge is -2.19. The first-order chi connectivity index (χ1) is 30.8. The van der Waals surface area contributed by atoms with Crippen LogP contribution < -0.4 is 18.9 Å². The van der Waals surface area contributed by atoms with E-state index < -0.39 is 0 Å². The van der Waals surface area contributed by atoms with Gasteiger partial charge in [-0.25, -0.2) is 0 Å². The van der Waals surface area contributed by atoms with Crippen LogP contribution in [0, 0.1) is 13.8 Å². The zero-order valence-corrected chi connectivity index (χ0v) is 35.6. The highest BCUT2D eigenvalue weighted by atomic mass is 16.5. The number of hydrogen-bond acceptors (Lipinski definition) is 6. The van der Waals surface area contributed by atoms with Crippen molar-refractivity contribution in [2.45, 2.75) is 27.7 Å². The van der Waals surface area contributed by atoms with E-state index in [1.54, 1.807) is 14.2 Å². The first-order valence-electron chi connectivity index (χ1n) is 21.1. The summed E-state index contributed by atoms with van der Waals surface area (Å²) in [5.41, 5.74) is 10.2. The van der Waals surface area contributed by atoms with E-state index in [0.29, 0.717) is 65.1 Å². The lowest BCUT2D eigenvalue weighted by molar-refractivity contribution is 0.247.